The van der Waals surface area contributed by atoms with Crippen molar-refractivity contribution in [3.63, 3.8) is 0 Å². The van der Waals surface area contributed by atoms with E-state index in [1.807, 2.05) is 0 Å². The zero-order valence-electron chi connectivity index (χ0n) is 5.69. The fraction of sp³-hybridized carbons (Fsp3) is 1.00. The van der Waals surface area contributed by atoms with Gasteiger partial charge in [0.05, 0.1) is 0 Å². The lowest BCUT2D eigenvalue weighted by molar-refractivity contribution is 0.408. The Morgan fingerprint density at radius 1 is 1.44 bits per heavy atom. The number of hydrogen-bond acceptors (Lipinski definition) is 2. The van der Waals surface area contributed by atoms with E-state index in [2.05, 4.69) is 5.32 Å². The van der Waals surface area contributed by atoms with Gasteiger partial charge in [-0.2, -0.15) is 0 Å². The van der Waals surface area contributed by atoms with Gasteiger partial charge in [0.1, 0.15) is 0 Å². The van der Waals surface area contributed by atoms with E-state index in [9.17, 15) is 0 Å². The molecule has 1 saturated heterocycles. The second kappa shape index (κ2) is 1.70. The van der Waals surface area contributed by atoms with Crippen molar-refractivity contribution < 1.29 is 0 Å². The predicted octanol–water partition coefficient (Wildman–Crippen LogP) is 0.0872. The van der Waals surface area contributed by atoms with Gasteiger partial charge in [-0.25, -0.2) is 0 Å². The summed E-state index contributed by atoms with van der Waals surface area (Å²) in [4.78, 5) is 0. The number of rotatable bonds is 1. The van der Waals surface area contributed by atoms with Gasteiger partial charge < -0.3 is 11.1 Å². The molecular weight excluding hydrogens is 112 g/mol. The van der Waals surface area contributed by atoms with E-state index in [0.29, 0.717) is 0 Å². The van der Waals surface area contributed by atoms with Crippen LogP contribution in [0, 0.1) is 5.92 Å². The van der Waals surface area contributed by atoms with E-state index in [4.69, 9.17) is 5.73 Å². The summed E-state index contributed by atoms with van der Waals surface area (Å²) in [6, 6.07) is 0. The molecule has 1 heterocycles. The van der Waals surface area contributed by atoms with Crippen LogP contribution in [0.4, 0.5) is 0 Å². The molecule has 2 fully saturated rings. The van der Waals surface area contributed by atoms with Gasteiger partial charge in [-0.05, 0) is 31.7 Å². The number of nitrogens with two attached hydrogens (primary N) is 1. The molecule has 1 saturated carbocycles. The fourth-order valence-electron chi connectivity index (χ4n) is 1.74. The van der Waals surface area contributed by atoms with Gasteiger partial charge in [-0.1, -0.05) is 0 Å². The van der Waals surface area contributed by atoms with Crippen molar-refractivity contribution in [3.05, 3.63) is 0 Å². The number of nitrogens with one attached hydrogen (secondary N) is 1. The Kier molecular flexibility index (Phi) is 1.08. The third-order valence-corrected chi connectivity index (χ3v) is 2.61. The largest absolute Gasteiger partial charge is 0.324 e. The number of hydrogen-bond donors (Lipinski definition) is 2. The smallest absolute Gasteiger partial charge is 0.0321 e. The van der Waals surface area contributed by atoms with Gasteiger partial charge in [-0.15, -0.1) is 0 Å². The first-order valence-corrected chi connectivity index (χ1v) is 3.81. The molecule has 0 aromatic carbocycles. The summed E-state index contributed by atoms with van der Waals surface area (Å²) in [6.07, 6.45) is 3.94. The van der Waals surface area contributed by atoms with Gasteiger partial charge in [-0.3, -0.25) is 0 Å². The van der Waals surface area contributed by atoms with E-state index in [1.165, 1.54) is 19.3 Å². The van der Waals surface area contributed by atoms with Crippen molar-refractivity contribution in [3.8, 4) is 0 Å². The minimum Gasteiger partial charge on any atom is -0.324 e. The first-order valence-electron chi connectivity index (χ1n) is 3.81. The van der Waals surface area contributed by atoms with Crippen LogP contribution in [-0.2, 0) is 0 Å². The molecule has 2 aliphatic rings. The summed E-state index contributed by atoms with van der Waals surface area (Å²) in [5.74, 6) is 0.854. The minimum absolute atomic E-state index is 0.194. The molecule has 1 atom stereocenters. The standard InChI is InChI=1S/C7H14N2/c8-7(6-1-2-6)3-4-9-5-7/h6,9H,1-5,8H2. The van der Waals surface area contributed by atoms with Crippen molar-refractivity contribution in [2.24, 2.45) is 11.7 Å². The highest BCUT2D eigenvalue weighted by molar-refractivity contribution is 5.03. The molecule has 1 aliphatic heterocycles. The van der Waals surface area contributed by atoms with Gasteiger partial charge in [0.25, 0.3) is 0 Å². The molecule has 0 spiro atoms. The zero-order valence-corrected chi connectivity index (χ0v) is 5.69. The zero-order chi connectivity index (χ0) is 6.32. The normalized spacial score (nSPS) is 43.7. The van der Waals surface area contributed by atoms with Gasteiger partial charge in [0.15, 0.2) is 0 Å². The molecule has 9 heavy (non-hydrogen) atoms. The Bertz CT molecular complexity index is 112. The lowest BCUT2D eigenvalue weighted by Crippen LogP contribution is -2.44. The van der Waals surface area contributed by atoms with Gasteiger partial charge in [0, 0.05) is 12.1 Å². The van der Waals surface area contributed by atoms with Crippen LogP contribution in [0.3, 0.4) is 0 Å². The van der Waals surface area contributed by atoms with Gasteiger partial charge >= 0.3 is 0 Å². The molecule has 2 rings (SSSR count). The Balaban J connectivity index is 2.02. The molecule has 3 N–H and O–H groups in total. The maximum atomic E-state index is 6.10. The quantitative estimate of drug-likeness (QED) is 0.522. The van der Waals surface area contributed by atoms with Crippen LogP contribution in [0.1, 0.15) is 19.3 Å². The Labute approximate surface area is 55.8 Å². The summed E-state index contributed by atoms with van der Waals surface area (Å²) < 4.78 is 0. The average molecular weight is 126 g/mol. The summed E-state index contributed by atoms with van der Waals surface area (Å²) in [5.41, 5.74) is 6.30. The summed E-state index contributed by atoms with van der Waals surface area (Å²) in [6.45, 7) is 2.19. The van der Waals surface area contributed by atoms with Crippen molar-refractivity contribution in [1.82, 2.24) is 5.32 Å². The Hall–Kier alpha value is -0.0800. The average Bonchev–Trinajstić information content (AvgIpc) is 2.60. The molecule has 2 heteroatoms. The molecule has 1 unspecified atom stereocenters. The topological polar surface area (TPSA) is 38.0 Å². The van der Waals surface area contributed by atoms with Crippen LogP contribution in [0.5, 0.6) is 0 Å². The van der Waals surface area contributed by atoms with E-state index >= 15 is 0 Å². The highest BCUT2D eigenvalue weighted by atomic mass is 15.0. The third-order valence-electron chi connectivity index (χ3n) is 2.61. The van der Waals surface area contributed by atoms with E-state index in [-0.39, 0.29) is 5.54 Å². The first kappa shape index (κ1) is 5.69. The predicted molar refractivity (Wildman–Crippen MR) is 37.1 cm³/mol. The minimum atomic E-state index is 0.194. The van der Waals surface area contributed by atoms with Crippen LogP contribution < -0.4 is 11.1 Å². The van der Waals surface area contributed by atoms with E-state index in [1.54, 1.807) is 0 Å². The Morgan fingerprint density at radius 3 is 2.67 bits per heavy atom. The van der Waals surface area contributed by atoms with Crippen LogP contribution >= 0.6 is 0 Å². The van der Waals surface area contributed by atoms with Crippen molar-refractivity contribution in [2.75, 3.05) is 13.1 Å². The lowest BCUT2D eigenvalue weighted by atomic mass is 9.94. The fourth-order valence-corrected chi connectivity index (χ4v) is 1.74. The molecule has 52 valence electrons. The molecule has 0 amide bonds. The summed E-state index contributed by atoms with van der Waals surface area (Å²) in [7, 11) is 0. The molecule has 2 nitrogen and oxygen atoms in total. The van der Waals surface area contributed by atoms with Crippen LogP contribution in [0.15, 0.2) is 0 Å². The molecular formula is C7H14N2. The second-order valence-corrected chi connectivity index (χ2v) is 3.43. The first-order chi connectivity index (χ1) is 4.31. The van der Waals surface area contributed by atoms with Gasteiger partial charge in [0.2, 0.25) is 0 Å². The second-order valence-electron chi connectivity index (χ2n) is 3.43. The molecule has 0 bridgehead atoms. The maximum Gasteiger partial charge on any atom is 0.0321 e. The van der Waals surface area contributed by atoms with Crippen LogP contribution in [0.25, 0.3) is 0 Å². The molecule has 0 radical (unpaired) electrons. The SMILES string of the molecule is NC1(C2CC2)CCNC1. The third kappa shape index (κ3) is 0.864. The lowest BCUT2D eigenvalue weighted by Gasteiger charge is -2.21. The maximum absolute atomic E-state index is 6.10. The molecule has 1 aliphatic carbocycles. The monoisotopic (exact) mass is 126 g/mol. The highest BCUT2D eigenvalue weighted by Crippen LogP contribution is 2.40. The Morgan fingerprint density at radius 2 is 2.22 bits per heavy atom. The summed E-state index contributed by atoms with van der Waals surface area (Å²) in [5, 5.41) is 3.31. The van der Waals surface area contributed by atoms with E-state index < -0.39 is 0 Å². The highest BCUT2D eigenvalue weighted by Gasteiger charge is 2.43. The van der Waals surface area contributed by atoms with Crippen LogP contribution in [-0.4, -0.2) is 18.6 Å². The molecule has 0 aromatic heterocycles. The summed E-state index contributed by atoms with van der Waals surface area (Å²) >= 11 is 0. The van der Waals surface area contributed by atoms with Crippen molar-refractivity contribution in [2.45, 2.75) is 24.8 Å². The molecule has 0 aromatic rings. The van der Waals surface area contributed by atoms with E-state index in [0.717, 1.165) is 19.0 Å². The van der Waals surface area contributed by atoms with Crippen molar-refractivity contribution in [1.29, 1.82) is 0 Å². The van der Waals surface area contributed by atoms with Crippen LogP contribution in [0.2, 0.25) is 0 Å². The van der Waals surface area contributed by atoms with Crippen molar-refractivity contribution >= 4 is 0 Å².